The second-order valence-electron chi connectivity index (χ2n) is 4.41. The highest BCUT2D eigenvalue weighted by molar-refractivity contribution is 8.00. The molecule has 1 rings (SSSR count). The van der Waals surface area contributed by atoms with Crippen LogP contribution in [0.3, 0.4) is 0 Å². The molecule has 1 amide bonds. The van der Waals surface area contributed by atoms with Gasteiger partial charge in [-0.3, -0.25) is 4.79 Å². The fourth-order valence-electron chi connectivity index (χ4n) is 1.51. The molecule has 0 fully saturated rings. The normalized spacial score (nSPS) is 12.0. The molecule has 0 bridgehead atoms. The lowest BCUT2D eigenvalue weighted by Gasteiger charge is -2.19. The summed E-state index contributed by atoms with van der Waals surface area (Å²) in [6.07, 6.45) is 0. The van der Waals surface area contributed by atoms with E-state index in [1.165, 1.54) is 18.9 Å². The van der Waals surface area contributed by atoms with Gasteiger partial charge in [-0.1, -0.05) is 32.0 Å². The van der Waals surface area contributed by atoms with Gasteiger partial charge in [0.25, 0.3) is 0 Å². The summed E-state index contributed by atoms with van der Waals surface area (Å²) in [7, 11) is 1.32. The summed E-state index contributed by atoms with van der Waals surface area (Å²) in [5.41, 5.74) is 0. The molecule has 4 nitrogen and oxygen atoms in total. The number of carbonyl (C=O) groups excluding carboxylic acids is 2. The van der Waals surface area contributed by atoms with E-state index in [1.807, 2.05) is 44.2 Å². The van der Waals surface area contributed by atoms with Crippen molar-refractivity contribution in [2.45, 2.75) is 24.8 Å². The zero-order chi connectivity index (χ0) is 14.3. The smallest absolute Gasteiger partial charge is 0.328 e. The Morgan fingerprint density at radius 3 is 2.42 bits per heavy atom. The number of thioether (sulfide) groups is 1. The molecule has 0 spiro atoms. The summed E-state index contributed by atoms with van der Waals surface area (Å²) in [6.45, 7) is 3.73. The molecule has 0 saturated carbocycles. The second kappa shape index (κ2) is 7.84. The number of amides is 1. The highest BCUT2D eigenvalue weighted by Crippen LogP contribution is 2.16. The fraction of sp³-hybridized carbons (Fsp3) is 0.429. The molecule has 1 atom stereocenters. The Morgan fingerprint density at radius 1 is 1.26 bits per heavy atom. The maximum absolute atomic E-state index is 11.8. The van der Waals surface area contributed by atoms with Crippen molar-refractivity contribution in [1.82, 2.24) is 5.32 Å². The lowest BCUT2D eigenvalue weighted by atomic mass is 10.1. The molecule has 0 heterocycles. The first kappa shape index (κ1) is 15.6. The van der Waals surface area contributed by atoms with Gasteiger partial charge < -0.3 is 10.1 Å². The molecule has 0 aromatic heterocycles. The minimum atomic E-state index is -0.589. The third kappa shape index (κ3) is 5.34. The van der Waals surface area contributed by atoms with Crippen LogP contribution in [-0.2, 0) is 14.3 Å². The minimum absolute atomic E-state index is 0.00174. The van der Waals surface area contributed by atoms with Gasteiger partial charge in [0, 0.05) is 4.90 Å². The molecule has 0 aliphatic heterocycles. The Hall–Kier alpha value is -1.49. The van der Waals surface area contributed by atoms with Crippen LogP contribution in [0.1, 0.15) is 13.8 Å². The third-order valence-corrected chi connectivity index (χ3v) is 3.56. The Labute approximate surface area is 117 Å². The maximum Gasteiger partial charge on any atom is 0.328 e. The van der Waals surface area contributed by atoms with Crippen molar-refractivity contribution in [1.29, 1.82) is 0 Å². The van der Waals surface area contributed by atoms with Crippen molar-refractivity contribution in [2.75, 3.05) is 12.9 Å². The van der Waals surface area contributed by atoms with Crippen LogP contribution in [0.4, 0.5) is 0 Å². The standard InChI is InChI=1S/C14H19NO3S/c1-10(2)13(14(17)18-3)15-12(16)9-19-11-7-5-4-6-8-11/h4-8,10,13H,9H2,1-3H3,(H,15,16). The zero-order valence-electron chi connectivity index (χ0n) is 11.4. The first-order chi connectivity index (χ1) is 9.04. The van der Waals surface area contributed by atoms with Gasteiger partial charge in [-0.2, -0.15) is 0 Å². The van der Waals surface area contributed by atoms with E-state index in [4.69, 9.17) is 0 Å². The molecular formula is C14H19NO3S. The Kier molecular flexibility index (Phi) is 6.42. The van der Waals surface area contributed by atoms with E-state index in [0.29, 0.717) is 0 Å². The van der Waals surface area contributed by atoms with Crippen LogP contribution in [0.25, 0.3) is 0 Å². The number of carbonyl (C=O) groups is 2. The van der Waals surface area contributed by atoms with Gasteiger partial charge in [0.2, 0.25) is 5.91 Å². The largest absolute Gasteiger partial charge is 0.467 e. The fourth-order valence-corrected chi connectivity index (χ4v) is 2.24. The number of hydrogen-bond donors (Lipinski definition) is 1. The first-order valence-corrected chi connectivity index (χ1v) is 7.08. The molecule has 0 radical (unpaired) electrons. The molecule has 5 heteroatoms. The number of ether oxygens (including phenoxy) is 1. The third-order valence-electron chi connectivity index (χ3n) is 2.55. The van der Waals surface area contributed by atoms with Gasteiger partial charge in [0.05, 0.1) is 12.9 Å². The Morgan fingerprint density at radius 2 is 1.89 bits per heavy atom. The summed E-state index contributed by atoms with van der Waals surface area (Å²) < 4.78 is 4.68. The van der Waals surface area contributed by atoms with Gasteiger partial charge in [0.1, 0.15) is 6.04 Å². The lowest BCUT2D eigenvalue weighted by molar-refractivity contribution is -0.146. The van der Waals surface area contributed by atoms with Gasteiger partial charge in [-0.15, -0.1) is 11.8 Å². The lowest BCUT2D eigenvalue weighted by Crippen LogP contribution is -2.45. The van der Waals surface area contributed by atoms with Gasteiger partial charge in [-0.25, -0.2) is 4.79 Å². The summed E-state index contributed by atoms with van der Waals surface area (Å²) >= 11 is 1.44. The number of esters is 1. The molecule has 1 N–H and O–H groups in total. The predicted octanol–water partition coefficient (Wildman–Crippen LogP) is 2.09. The molecule has 0 aliphatic rings. The average molecular weight is 281 g/mol. The molecule has 1 aromatic carbocycles. The quantitative estimate of drug-likeness (QED) is 0.641. The van der Waals surface area contributed by atoms with E-state index in [0.717, 1.165) is 4.90 Å². The molecule has 0 aliphatic carbocycles. The number of methoxy groups -OCH3 is 1. The summed E-state index contributed by atoms with van der Waals surface area (Å²) in [5, 5.41) is 2.70. The van der Waals surface area contributed by atoms with Gasteiger partial charge in [0.15, 0.2) is 0 Å². The van der Waals surface area contributed by atoms with Crippen molar-refractivity contribution in [2.24, 2.45) is 5.92 Å². The number of rotatable bonds is 6. The Bertz CT molecular complexity index is 420. The predicted molar refractivity (Wildman–Crippen MR) is 76.0 cm³/mol. The summed E-state index contributed by atoms with van der Waals surface area (Å²) in [5.74, 6) is -0.298. The van der Waals surface area contributed by atoms with Gasteiger partial charge >= 0.3 is 5.97 Å². The van der Waals surface area contributed by atoms with Crippen molar-refractivity contribution >= 4 is 23.6 Å². The molecule has 1 unspecified atom stereocenters. The van der Waals surface area contributed by atoms with Crippen LogP contribution in [0.5, 0.6) is 0 Å². The second-order valence-corrected chi connectivity index (χ2v) is 5.46. The molecule has 0 saturated heterocycles. The number of hydrogen-bond acceptors (Lipinski definition) is 4. The molecule has 104 valence electrons. The van der Waals surface area contributed by atoms with Crippen LogP contribution >= 0.6 is 11.8 Å². The highest BCUT2D eigenvalue weighted by atomic mass is 32.2. The van der Waals surface area contributed by atoms with Crippen LogP contribution < -0.4 is 5.32 Å². The monoisotopic (exact) mass is 281 g/mol. The average Bonchev–Trinajstić information content (AvgIpc) is 2.42. The molecule has 19 heavy (non-hydrogen) atoms. The van der Waals surface area contributed by atoms with Crippen molar-refractivity contribution in [3.8, 4) is 0 Å². The number of benzene rings is 1. The van der Waals surface area contributed by atoms with E-state index >= 15 is 0 Å². The van der Waals surface area contributed by atoms with E-state index in [-0.39, 0.29) is 17.6 Å². The van der Waals surface area contributed by atoms with Crippen LogP contribution in [0, 0.1) is 5.92 Å². The molecule has 1 aromatic rings. The van der Waals surface area contributed by atoms with E-state index in [9.17, 15) is 9.59 Å². The van der Waals surface area contributed by atoms with Crippen LogP contribution in [-0.4, -0.2) is 30.8 Å². The van der Waals surface area contributed by atoms with Crippen molar-refractivity contribution in [3.05, 3.63) is 30.3 Å². The van der Waals surface area contributed by atoms with Crippen LogP contribution in [0.2, 0.25) is 0 Å². The summed E-state index contributed by atoms with van der Waals surface area (Å²) in [4.78, 5) is 24.4. The summed E-state index contributed by atoms with van der Waals surface area (Å²) in [6, 6.07) is 9.07. The molecular weight excluding hydrogens is 262 g/mol. The topological polar surface area (TPSA) is 55.4 Å². The minimum Gasteiger partial charge on any atom is -0.467 e. The zero-order valence-corrected chi connectivity index (χ0v) is 12.2. The Balaban J connectivity index is 2.47. The van der Waals surface area contributed by atoms with E-state index in [2.05, 4.69) is 10.1 Å². The highest BCUT2D eigenvalue weighted by Gasteiger charge is 2.24. The van der Waals surface area contributed by atoms with E-state index < -0.39 is 12.0 Å². The first-order valence-electron chi connectivity index (χ1n) is 6.09. The van der Waals surface area contributed by atoms with Crippen molar-refractivity contribution in [3.63, 3.8) is 0 Å². The van der Waals surface area contributed by atoms with E-state index in [1.54, 1.807) is 0 Å². The van der Waals surface area contributed by atoms with Crippen molar-refractivity contribution < 1.29 is 14.3 Å². The van der Waals surface area contributed by atoms with Gasteiger partial charge in [-0.05, 0) is 18.1 Å². The number of nitrogens with one attached hydrogen (secondary N) is 1. The van der Waals surface area contributed by atoms with Crippen LogP contribution in [0.15, 0.2) is 35.2 Å². The maximum atomic E-state index is 11.8. The SMILES string of the molecule is COC(=O)C(NC(=O)CSc1ccccc1)C(C)C.